The fraction of sp³-hybridized carbons (Fsp3) is 0.750. The van der Waals surface area contributed by atoms with Gasteiger partial charge in [-0.25, -0.2) is 4.98 Å². The molecule has 2 aliphatic heterocycles. The van der Waals surface area contributed by atoms with E-state index < -0.39 is 0 Å². The molecule has 0 radical (unpaired) electrons. The predicted octanol–water partition coefficient (Wildman–Crippen LogP) is 1.92. The first kappa shape index (κ1) is 14.5. The van der Waals surface area contributed by atoms with Gasteiger partial charge in [0, 0.05) is 31.6 Å². The van der Waals surface area contributed by atoms with Crippen molar-refractivity contribution < 1.29 is 9.53 Å². The zero-order valence-electron chi connectivity index (χ0n) is 12.9. The number of hydrogen-bond donors (Lipinski definition) is 0. The number of likely N-dealkylation sites (tertiary alicyclic amines) is 1. The predicted molar refractivity (Wildman–Crippen MR) is 86.3 cm³/mol. The normalized spacial score (nSPS) is 23.8. The highest BCUT2D eigenvalue weighted by Gasteiger charge is 2.43. The van der Waals surface area contributed by atoms with E-state index in [1.165, 1.54) is 25.7 Å². The molecule has 1 aromatic rings. The summed E-state index contributed by atoms with van der Waals surface area (Å²) in [6, 6.07) is 0. The number of carbonyl (C=O) groups excluding carboxylic acids is 1. The highest BCUT2D eigenvalue weighted by atomic mass is 32.1. The van der Waals surface area contributed by atoms with E-state index >= 15 is 0 Å². The van der Waals surface area contributed by atoms with Gasteiger partial charge in [-0.15, -0.1) is 11.3 Å². The van der Waals surface area contributed by atoms with Crippen LogP contribution in [0.1, 0.15) is 31.4 Å². The maximum atomic E-state index is 12.5. The summed E-state index contributed by atoms with van der Waals surface area (Å²) in [6.45, 7) is 5.25. The third-order valence-electron chi connectivity index (χ3n) is 5.36. The second kappa shape index (κ2) is 5.81. The molecule has 3 aliphatic rings. The summed E-state index contributed by atoms with van der Waals surface area (Å²) < 4.78 is 5.37. The Kier molecular flexibility index (Phi) is 3.82. The third kappa shape index (κ3) is 2.74. The van der Waals surface area contributed by atoms with Crippen LogP contribution in [0.5, 0.6) is 0 Å². The van der Waals surface area contributed by atoms with Crippen LogP contribution >= 0.6 is 11.3 Å². The monoisotopic (exact) mass is 321 g/mol. The molecular formula is C16H23N3O2S. The number of anilines is 1. The van der Waals surface area contributed by atoms with Crippen molar-refractivity contribution >= 4 is 22.4 Å². The van der Waals surface area contributed by atoms with E-state index in [1.54, 1.807) is 11.3 Å². The lowest BCUT2D eigenvalue weighted by molar-refractivity contribution is -0.130. The first-order valence-electron chi connectivity index (χ1n) is 8.29. The SMILES string of the molecule is O=C(Cc1csc(N2CCOCC2)n1)N1CCC2(CCC2)C1. The van der Waals surface area contributed by atoms with Crippen LogP contribution in [0.2, 0.25) is 0 Å². The molecule has 0 bridgehead atoms. The Morgan fingerprint density at radius 3 is 2.77 bits per heavy atom. The molecular weight excluding hydrogens is 298 g/mol. The van der Waals surface area contributed by atoms with E-state index in [4.69, 9.17) is 4.74 Å². The highest BCUT2D eigenvalue weighted by molar-refractivity contribution is 7.13. The summed E-state index contributed by atoms with van der Waals surface area (Å²) in [5.74, 6) is 0.252. The zero-order valence-corrected chi connectivity index (χ0v) is 13.7. The maximum Gasteiger partial charge on any atom is 0.228 e. The van der Waals surface area contributed by atoms with Gasteiger partial charge in [-0.2, -0.15) is 0 Å². The van der Waals surface area contributed by atoms with E-state index in [2.05, 4.69) is 14.8 Å². The lowest BCUT2D eigenvalue weighted by atomic mass is 9.68. The fourth-order valence-corrected chi connectivity index (χ4v) is 4.66. The molecule has 0 aromatic carbocycles. The fourth-order valence-electron chi connectivity index (χ4n) is 3.78. The summed E-state index contributed by atoms with van der Waals surface area (Å²) in [5.41, 5.74) is 1.41. The van der Waals surface area contributed by atoms with Crippen molar-refractivity contribution in [2.45, 2.75) is 32.1 Å². The van der Waals surface area contributed by atoms with Crippen molar-refractivity contribution in [2.24, 2.45) is 5.41 Å². The topological polar surface area (TPSA) is 45.7 Å². The molecule has 0 unspecified atom stereocenters. The molecule has 1 spiro atoms. The maximum absolute atomic E-state index is 12.5. The third-order valence-corrected chi connectivity index (χ3v) is 6.31. The molecule has 0 N–H and O–H groups in total. The summed E-state index contributed by atoms with van der Waals surface area (Å²) in [4.78, 5) is 21.5. The molecule has 22 heavy (non-hydrogen) atoms. The molecule has 3 heterocycles. The highest BCUT2D eigenvalue weighted by Crippen LogP contribution is 2.48. The Bertz CT molecular complexity index is 549. The lowest BCUT2D eigenvalue weighted by Crippen LogP contribution is -2.36. The van der Waals surface area contributed by atoms with Crippen LogP contribution in [0.25, 0.3) is 0 Å². The van der Waals surface area contributed by atoms with E-state index in [0.717, 1.165) is 50.2 Å². The number of nitrogens with zero attached hydrogens (tertiary/aromatic N) is 3. The van der Waals surface area contributed by atoms with Crippen molar-refractivity contribution in [3.05, 3.63) is 11.1 Å². The number of aromatic nitrogens is 1. The van der Waals surface area contributed by atoms with Crippen molar-refractivity contribution in [3.63, 3.8) is 0 Å². The van der Waals surface area contributed by atoms with Crippen LogP contribution in [-0.4, -0.2) is 55.2 Å². The molecule has 4 rings (SSSR count). The van der Waals surface area contributed by atoms with Crippen LogP contribution in [0, 0.1) is 5.41 Å². The van der Waals surface area contributed by atoms with E-state index in [1.807, 2.05) is 5.38 Å². The van der Waals surface area contributed by atoms with Crippen molar-refractivity contribution in [3.8, 4) is 0 Å². The second-order valence-corrected chi connectivity index (χ2v) is 7.65. The number of hydrogen-bond acceptors (Lipinski definition) is 5. The number of rotatable bonds is 3. The first-order chi connectivity index (χ1) is 10.7. The van der Waals surface area contributed by atoms with Gasteiger partial charge in [0.25, 0.3) is 0 Å². The minimum Gasteiger partial charge on any atom is -0.378 e. The van der Waals surface area contributed by atoms with Crippen molar-refractivity contribution in [2.75, 3.05) is 44.3 Å². The van der Waals surface area contributed by atoms with Gasteiger partial charge in [0.2, 0.25) is 5.91 Å². The minimum absolute atomic E-state index is 0.252. The molecule has 6 heteroatoms. The van der Waals surface area contributed by atoms with Gasteiger partial charge < -0.3 is 14.5 Å². The molecule has 1 aromatic heterocycles. The zero-order chi connectivity index (χ0) is 15.0. The van der Waals surface area contributed by atoms with Gasteiger partial charge in [0.05, 0.1) is 25.3 Å². The van der Waals surface area contributed by atoms with Crippen LogP contribution in [0.15, 0.2) is 5.38 Å². The average molecular weight is 321 g/mol. The van der Waals surface area contributed by atoms with Crippen LogP contribution < -0.4 is 4.90 Å². The average Bonchev–Trinajstić information content (AvgIpc) is 3.14. The van der Waals surface area contributed by atoms with E-state index in [9.17, 15) is 4.79 Å². The lowest BCUT2D eigenvalue weighted by Gasteiger charge is -2.37. The van der Waals surface area contributed by atoms with Gasteiger partial charge in [-0.3, -0.25) is 4.79 Å². The summed E-state index contributed by atoms with van der Waals surface area (Å²) in [5, 5.41) is 3.07. The van der Waals surface area contributed by atoms with Gasteiger partial charge in [-0.1, -0.05) is 6.42 Å². The molecule has 0 atom stereocenters. The van der Waals surface area contributed by atoms with E-state index in [-0.39, 0.29) is 5.91 Å². The van der Waals surface area contributed by atoms with Crippen LogP contribution in [0.3, 0.4) is 0 Å². The second-order valence-electron chi connectivity index (χ2n) is 6.82. The smallest absolute Gasteiger partial charge is 0.228 e. The Balaban J connectivity index is 1.35. The van der Waals surface area contributed by atoms with Gasteiger partial charge in [0.15, 0.2) is 5.13 Å². The number of thiazole rings is 1. The van der Waals surface area contributed by atoms with Gasteiger partial charge in [-0.05, 0) is 24.7 Å². The van der Waals surface area contributed by atoms with E-state index in [0.29, 0.717) is 11.8 Å². The Labute approximate surface area is 135 Å². The molecule has 1 saturated carbocycles. The quantitative estimate of drug-likeness (QED) is 0.853. The molecule has 120 valence electrons. The standard InChI is InChI=1S/C16H23N3O2S/c20-14(19-5-4-16(12-19)2-1-3-16)10-13-11-22-15(17-13)18-6-8-21-9-7-18/h11H,1-10,12H2. The Morgan fingerprint density at radius 1 is 1.27 bits per heavy atom. The number of ether oxygens (including phenoxy) is 1. The summed E-state index contributed by atoms with van der Waals surface area (Å²) >= 11 is 1.64. The van der Waals surface area contributed by atoms with Crippen molar-refractivity contribution in [1.29, 1.82) is 0 Å². The van der Waals surface area contributed by atoms with Crippen molar-refractivity contribution in [1.82, 2.24) is 9.88 Å². The molecule has 5 nitrogen and oxygen atoms in total. The summed E-state index contributed by atoms with van der Waals surface area (Å²) in [6.07, 6.45) is 5.63. The van der Waals surface area contributed by atoms with Crippen LogP contribution in [0.4, 0.5) is 5.13 Å². The first-order valence-corrected chi connectivity index (χ1v) is 9.17. The minimum atomic E-state index is 0.252. The van der Waals surface area contributed by atoms with Gasteiger partial charge >= 0.3 is 0 Å². The number of carbonyl (C=O) groups is 1. The molecule has 3 fully saturated rings. The largest absolute Gasteiger partial charge is 0.378 e. The van der Waals surface area contributed by atoms with Gasteiger partial charge in [0.1, 0.15) is 0 Å². The Morgan fingerprint density at radius 2 is 2.09 bits per heavy atom. The Hall–Kier alpha value is -1.14. The number of amides is 1. The molecule has 2 saturated heterocycles. The number of morpholine rings is 1. The molecule has 1 amide bonds. The van der Waals surface area contributed by atoms with Crippen LogP contribution in [-0.2, 0) is 16.0 Å². The summed E-state index contributed by atoms with van der Waals surface area (Å²) in [7, 11) is 0. The molecule has 1 aliphatic carbocycles.